The van der Waals surface area contributed by atoms with Gasteiger partial charge in [0.2, 0.25) is 0 Å². The first-order chi connectivity index (χ1) is 5.08. The quantitative estimate of drug-likeness (QED) is 0.592. The third-order valence-electron chi connectivity index (χ3n) is 1.44. The van der Waals surface area contributed by atoms with Crippen LogP contribution >= 0.6 is 0 Å². The van der Waals surface area contributed by atoms with Crippen molar-refractivity contribution in [1.29, 1.82) is 0 Å². The molecule has 1 heterocycles. The fourth-order valence-electron chi connectivity index (χ4n) is 1.05. The average molecular weight is 147 g/mol. The molecule has 11 heavy (non-hydrogen) atoms. The van der Waals surface area contributed by atoms with E-state index in [9.17, 15) is 0 Å². The summed E-state index contributed by atoms with van der Waals surface area (Å²) < 4.78 is 0. The summed E-state index contributed by atoms with van der Waals surface area (Å²) in [5.74, 6) is 1.95. The SMILES string of the molecule is CC(C)(C)Cc1cccbn1. The Hall–Kier alpha value is -0.655. The van der Waals surface area contributed by atoms with Crippen LogP contribution in [0.3, 0.4) is 0 Å². The molecule has 0 saturated carbocycles. The van der Waals surface area contributed by atoms with Gasteiger partial charge >= 0.3 is 68.3 Å². The Morgan fingerprint density at radius 1 is 1.45 bits per heavy atom. The van der Waals surface area contributed by atoms with Crippen molar-refractivity contribution >= 4 is 7.05 Å². The van der Waals surface area contributed by atoms with Gasteiger partial charge in [-0.1, -0.05) is 0 Å². The summed E-state index contributed by atoms with van der Waals surface area (Å²) in [6, 6.07) is 4.11. The van der Waals surface area contributed by atoms with Crippen molar-refractivity contribution in [3.8, 4) is 0 Å². The molecule has 0 fully saturated rings. The molecule has 0 unspecified atom stereocenters. The van der Waals surface area contributed by atoms with E-state index in [1.807, 2.05) is 19.1 Å². The third kappa shape index (κ3) is 3.31. The van der Waals surface area contributed by atoms with Crippen LogP contribution in [0.15, 0.2) is 18.1 Å². The van der Waals surface area contributed by atoms with Gasteiger partial charge in [0.15, 0.2) is 0 Å². The maximum absolute atomic E-state index is 4.26. The fraction of sp³-hybridized carbons (Fsp3) is 0.556. The molecule has 0 radical (unpaired) electrons. The van der Waals surface area contributed by atoms with Crippen LogP contribution in [0.4, 0.5) is 0 Å². The van der Waals surface area contributed by atoms with Gasteiger partial charge in [0, 0.05) is 0 Å². The Balaban J connectivity index is 2.66. The Labute approximate surface area is 69.1 Å². The summed E-state index contributed by atoms with van der Waals surface area (Å²) in [4.78, 5) is 4.26. The Morgan fingerprint density at radius 2 is 2.18 bits per heavy atom. The molecule has 0 atom stereocenters. The monoisotopic (exact) mass is 147 g/mol. The molecule has 0 spiro atoms. The number of hydrogen-bond donors (Lipinski definition) is 0. The topological polar surface area (TPSA) is 12.9 Å². The zero-order valence-electron chi connectivity index (χ0n) is 7.46. The van der Waals surface area contributed by atoms with E-state index in [1.54, 1.807) is 0 Å². The summed E-state index contributed by atoms with van der Waals surface area (Å²) in [5, 5.41) is 0. The molecule has 0 bridgehead atoms. The average Bonchev–Trinajstić information content (AvgIpc) is 1.85. The van der Waals surface area contributed by atoms with Crippen LogP contribution in [0.2, 0.25) is 0 Å². The molecular formula is C9H14BN. The molecule has 58 valence electrons. The zero-order chi connectivity index (χ0) is 8.32. The van der Waals surface area contributed by atoms with E-state index in [1.165, 1.54) is 5.69 Å². The molecule has 0 saturated heterocycles. The third-order valence-corrected chi connectivity index (χ3v) is 1.44. The summed E-state index contributed by atoms with van der Waals surface area (Å²) in [6.45, 7) is 6.67. The van der Waals surface area contributed by atoms with E-state index in [0.29, 0.717) is 5.41 Å². The van der Waals surface area contributed by atoms with Crippen LogP contribution < -0.4 is 0 Å². The van der Waals surface area contributed by atoms with Crippen molar-refractivity contribution in [1.82, 2.24) is 4.89 Å². The molecule has 0 amide bonds. The summed E-state index contributed by atoms with van der Waals surface area (Å²) in [6.07, 6.45) is 1.05. The van der Waals surface area contributed by atoms with Gasteiger partial charge in [0.25, 0.3) is 0 Å². The fourth-order valence-corrected chi connectivity index (χ4v) is 1.05. The van der Waals surface area contributed by atoms with Crippen LogP contribution in [0.5, 0.6) is 0 Å². The second kappa shape index (κ2) is 3.16. The Kier molecular flexibility index (Phi) is 2.43. The molecule has 0 N–H and O–H groups in total. The molecule has 1 nitrogen and oxygen atoms in total. The predicted molar refractivity (Wildman–Crippen MR) is 48.7 cm³/mol. The van der Waals surface area contributed by atoms with Crippen LogP contribution in [0.25, 0.3) is 0 Å². The molecule has 1 rings (SSSR count). The minimum absolute atomic E-state index is 0.342. The van der Waals surface area contributed by atoms with E-state index in [2.05, 4.69) is 31.7 Å². The Bertz CT molecular complexity index is 213. The molecule has 0 aromatic carbocycles. The molecule has 2 heteroatoms. The molecule has 0 aliphatic carbocycles. The number of nitrogens with zero attached hydrogens (tertiary/aromatic N) is 1. The van der Waals surface area contributed by atoms with Crippen molar-refractivity contribution in [3.63, 3.8) is 0 Å². The zero-order valence-corrected chi connectivity index (χ0v) is 7.46. The summed E-state index contributed by atoms with van der Waals surface area (Å²) in [7, 11) is 1.85. The molecule has 0 aliphatic heterocycles. The van der Waals surface area contributed by atoms with Crippen LogP contribution in [0, 0.1) is 5.41 Å². The van der Waals surface area contributed by atoms with E-state index in [-0.39, 0.29) is 0 Å². The van der Waals surface area contributed by atoms with Gasteiger partial charge in [-0.15, -0.1) is 0 Å². The number of hydrogen-bond acceptors (Lipinski definition) is 1. The van der Waals surface area contributed by atoms with E-state index in [0.717, 1.165) is 6.42 Å². The van der Waals surface area contributed by atoms with Gasteiger partial charge in [0.1, 0.15) is 0 Å². The molecular weight excluding hydrogens is 133 g/mol. The van der Waals surface area contributed by atoms with Crippen molar-refractivity contribution in [3.05, 3.63) is 23.8 Å². The number of aromatic nitrogens is 1. The van der Waals surface area contributed by atoms with Crippen LogP contribution in [0.1, 0.15) is 26.5 Å². The standard InChI is InChI=1S/C9H14BN/c1-9(2,3)7-8-5-4-6-10-11-8/h4-6H,7H2,1-3H3. The van der Waals surface area contributed by atoms with Gasteiger partial charge in [-0.05, 0) is 0 Å². The minimum atomic E-state index is 0.342. The van der Waals surface area contributed by atoms with Gasteiger partial charge in [-0.3, -0.25) is 0 Å². The van der Waals surface area contributed by atoms with Crippen molar-refractivity contribution < 1.29 is 0 Å². The number of rotatable bonds is 1. The maximum atomic E-state index is 4.26. The first-order valence-corrected chi connectivity index (χ1v) is 3.98. The predicted octanol–water partition coefficient (Wildman–Crippen LogP) is 2.01. The van der Waals surface area contributed by atoms with Crippen LogP contribution in [-0.2, 0) is 6.42 Å². The summed E-state index contributed by atoms with van der Waals surface area (Å²) >= 11 is 0. The first-order valence-electron chi connectivity index (χ1n) is 3.98. The van der Waals surface area contributed by atoms with Gasteiger partial charge in [0.05, 0.1) is 0 Å². The molecule has 1 aromatic heterocycles. The van der Waals surface area contributed by atoms with E-state index >= 15 is 0 Å². The van der Waals surface area contributed by atoms with Crippen molar-refractivity contribution in [2.75, 3.05) is 0 Å². The van der Waals surface area contributed by atoms with E-state index in [4.69, 9.17) is 0 Å². The molecule has 0 aliphatic rings. The Morgan fingerprint density at radius 3 is 2.64 bits per heavy atom. The van der Waals surface area contributed by atoms with Crippen LogP contribution in [-0.4, -0.2) is 11.9 Å². The second-order valence-corrected chi connectivity index (χ2v) is 4.06. The van der Waals surface area contributed by atoms with Gasteiger partial charge in [-0.2, -0.15) is 0 Å². The van der Waals surface area contributed by atoms with Gasteiger partial charge in [-0.25, -0.2) is 0 Å². The van der Waals surface area contributed by atoms with Crippen molar-refractivity contribution in [2.24, 2.45) is 5.41 Å². The van der Waals surface area contributed by atoms with Crippen molar-refractivity contribution in [2.45, 2.75) is 27.2 Å². The normalized spacial score (nSPS) is 11.2. The second-order valence-electron chi connectivity index (χ2n) is 4.06. The van der Waals surface area contributed by atoms with Gasteiger partial charge < -0.3 is 0 Å². The first kappa shape index (κ1) is 8.44. The van der Waals surface area contributed by atoms with E-state index < -0.39 is 0 Å². The molecule has 1 aromatic rings. The summed E-state index contributed by atoms with van der Waals surface area (Å²) in [5.41, 5.74) is 1.52.